The van der Waals surface area contributed by atoms with Gasteiger partial charge in [0.15, 0.2) is 0 Å². The molecule has 2 bridgehead atoms. The minimum absolute atomic E-state index is 0.851. The van der Waals surface area contributed by atoms with Crippen LogP contribution in [0.5, 0.6) is 0 Å². The maximum atomic E-state index is 5.72. The van der Waals surface area contributed by atoms with Crippen LogP contribution in [0.3, 0.4) is 0 Å². The number of hydrogen-bond acceptors (Lipinski definition) is 2. The zero-order valence-corrected chi connectivity index (χ0v) is 7.71. The normalized spacial score (nSPS) is 45.5. The van der Waals surface area contributed by atoms with E-state index in [0.29, 0.717) is 0 Å². The molecule has 12 heavy (non-hydrogen) atoms. The summed E-state index contributed by atoms with van der Waals surface area (Å²) in [6.07, 6.45) is 5.51. The molecule has 2 fully saturated rings. The molecule has 0 saturated heterocycles. The Hall–Kier alpha value is -0.0800. The molecule has 0 heterocycles. The molecule has 70 valence electrons. The molecule has 4 N–H and O–H groups in total. The van der Waals surface area contributed by atoms with Crippen LogP contribution in [0.2, 0.25) is 0 Å². The third kappa shape index (κ3) is 1.27. The molecule has 2 heteroatoms. The van der Waals surface area contributed by atoms with E-state index in [1.807, 2.05) is 0 Å². The molecular formula is C10H20N2. The summed E-state index contributed by atoms with van der Waals surface area (Å²) in [5.74, 6) is 3.73. The largest absolute Gasteiger partial charge is 0.330 e. The van der Waals surface area contributed by atoms with E-state index in [9.17, 15) is 0 Å². The standard InChI is InChI=1S/C10H20N2/c11-2-1-7-3-9-4-8(7)5-10(9)6-12/h7-10H,1-6,11-12H2. The second kappa shape index (κ2) is 3.35. The molecule has 2 nitrogen and oxygen atoms in total. The lowest BCUT2D eigenvalue weighted by molar-refractivity contribution is 0.253. The highest BCUT2D eigenvalue weighted by Crippen LogP contribution is 2.52. The van der Waals surface area contributed by atoms with Crippen LogP contribution in [0.25, 0.3) is 0 Å². The Labute approximate surface area is 74.7 Å². The summed E-state index contributed by atoms with van der Waals surface area (Å²) in [5.41, 5.74) is 11.3. The van der Waals surface area contributed by atoms with Gasteiger partial charge in [-0.3, -0.25) is 0 Å². The van der Waals surface area contributed by atoms with Gasteiger partial charge in [-0.1, -0.05) is 0 Å². The van der Waals surface area contributed by atoms with Gasteiger partial charge in [-0.25, -0.2) is 0 Å². The predicted molar refractivity (Wildman–Crippen MR) is 50.5 cm³/mol. The highest BCUT2D eigenvalue weighted by atomic mass is 14.6. The van der Waals surface area contributed by atoms with Crippen LogP contribution < -0.4 is 11.5 Å². The van der Waals surface area contributed by atoms with E-state index in [1.165, 1.54) is 25.7 Å². The zero-order chi connectivity index (χ0) is 8.55. The van der Waals surface area contributed by atoms with Crippen LogP contribution in [0.15, 0.2) is 0 Å². The average Bonchev–Trinajstić information content (AvgIpc) is 2.62. The van der Waals surface area contributed by atoms with Crippen molar-refractivity contribution in [2.75, 3.05) is 13.1 Å². The van der Waals surface area contributed by atoms with Crippen LogP contribution in [0.1, 0.15) is 25.7 Å². The fourth-order valence-corrected chi connectivity index (χ4v) is 3.37. The molecule has 2 rings (SSSR count). The summed E-state index contributed by atoms with van der Waals surface area (Å²) in [5, 5.41) is 0. The topological polar surface area (TPSA) is 52.0 Å². The van der Waals surface area contributed by atoms with E-state index in [1.54, 1.807) is 0 Å². The minimum Gasteiger partial charge on any atom is -0.330 e. The predicted octanol–water partition coefficient (Wildman–Crippen LogP) is 0.956. The number of fused-ring (bicyclic) bond motifs is 2. The fourth-order valence-electron chi connectivity index (χ4n) is 3.37. The Morgan fingerprint density at radius 3 is 2.08 bits per heavy atom. The van der Waals surface area contributed by atoms with Crippen molar-refractivity contribution in [3.05, 3.63) is 0 Å². The number of hydrogen-bond donors (Lipinski definition) is 2. The van der Waals surface area contributed by atoms with Gasteiger partial charge in [0.25, 0.3) is 0 Å². The Balaban J connectivity index is 1.89. The van der Waals surface area contributed by atoms with E-state index in [-0.39, 0.29) is 0 Å². The maximum Gasteiger partial charge on any atom is -0.00461 e. The van der Waals surface area contributed by atoms with Gasteiger partial charge in [0.2, 0.25) is 0 Å². The molecule has 0 spiro atoms. The molecule has 0 aliphatic heterocycles. The van der Waals surface area contributed by atoms with Crippen molar-refractivity contribution in [2.24, 2.45) is 35.1 Å². The van der Waals surface area contributed by atoms with E-state index in [4.69, 9.17) is 11.5 Å². The molecule has 0 aromatic carbocycles. The van der Waals surface area contributed by atoms with E-state index in [0.717, 1.165) is 36.8 Å². The van der Waals surface area contributed by atoms with Gasteiger partial charge in [-0.05, 0) is 62.4 Å². The van der Waals surface area contributed by atoms with Crippen molar-refractivity contribution >= 4 is 0 Å². The molecule has 2 saturated carbocycles. The Morgan fingerprint density at radius 2 is 1.58 bits per heavy atom. The molecule has 0 amide bonds. The number of nitrogens with two attached hydrogens (primary N) is 2. The quantitative estimate of drug-likeness (QED) is 0.659. The van der Waals surface area contributed by atoms with Gasteiger partial charge in [0.05, 0.1) is 0 Å². The lowest BCUT2D eigenvalue weighted by atomic mass is 9.81. The minimum atomic E-state index is 0.851. The number of rotatable bonds is 3. The molecule has 0 aromatic heterocycles. The Kier molecular flexibility index (Phi) is 2.37. The van der Waals surface area contributed by atoms with Gasteiger partial charge in [-0.2, -0.15) is 0 Å². The second-order valence-corrected chi connectivity index (χ2v) is 4.56. The van der Waals surface area contributed by atoms with Gasteiger partial charge in [-0.15, -0.1) is 0 Å². The average molecular weight is 168 g/mol. The lowest BCUT2D eigenvalue weighted by Gasteiger charge is -2.26. The van der Waals surface area contributed by atoms with Crippen molar-refractivity contribution in [3.8, 4) is 0 Å². The van der Waals surface area contributed by atoms with Crippen LogP contribution in [-0.4, -0.2) is 13.1 Å². The summed E-state index contributed by atoms with van der Waals surface area (Å²) in [6.45, 7) is 1.79. The lowest BCUT2D eigenvalue weighted by Crippen LogP contribution is -2.25. The molecule has 0 aromatic rings. The smallest absolute Gasteiger partial charge is 0.00461 e. The van der Waals surface area contributed by atoms with Crippen molar-refractivity contribution in [2.45, 2.75) is 25.7 Å². The monoisotopic (exact) mass is 168 g/mol. The third-order valence-corrected chi connectivity index (χ3v) is 3.99. The second-order valence-electron chi connectivity index (χ2n) is 4.56. The summed E-state index contributed by atoms with van der Waals surface area (Å²) >= 11 is 0. The highest BCUT2D eigenvalue weighted by molar-refractivity contribution is 4.95. The summed E-state index contributed by atoms with van der Waals surface area (Å²) in [7, 11) is 0. The first-order valence-corrected chi connectivity index (χ1v) is 5.25. The van der Waals surface area contributed by atoms with Crippen LogP contribution in [0.4, 0.5) is 0 Å². The molecule has 2 aliphatic rings. The van der Waals surface area contributed by atoms with Gasteiger partial charge in [0.1, 0.15) is 0 Å². The molecular weight excluding hydrogens is 148 g/mol. The maximum absolute atomic E-state index is 5.72. The van der Waals surface area contributed by atoms with Crippen molar-refractivity contribution in [3.63, 3.8) is 0 Å². The summed E-state index contributed by atoms with van der Waals surface area (Å²) in [4.78, 5) is 0. The third-order valence-electron chi connectivity index (χ3n) is 3.99. The van der Waals surface area contributed by atoms with Crippen molar-refractivity contribution in [1.29, 1.82) is 0 Å². The van der Waals surface area contributed by atoms with Crippen molar-refractivity contribution in [1.82, 2.24) is 0 Å². The fraction of sp³-hybridized carbons (Fsp3) is 1.00. The van der Waals surface area contributed by atoms with Gasteiger partial charge >= 0.3 is 0 Å². The molecule has 4 unspecified atom stereocenters. The zero-order valence-electron chi connectivity index (χ0n) is 7.71. The molecule has 0 radical (unpaired) electrons. The highest BCUT2D eigenvalue weighted by Gasteiger charge is 2.44. The first-order chi connectivity index (χ1) is 5.85. The Morgan fingerprint density at radius 1 is 0.917 bits per heavy atom. The van der Waals surface area contributed by atoms with Gasteiger partial charge < -0.3 is 11.5 Å². The van der Waals surface area contributed by atoms with E-state index in [2.05, 4.69) is 0 Å². The summed E-state index contributed by atoms with van der Waals surface area (Å²) in [6, 6.07) is 0. The Bertz CT molecular complexity index is 158. The first-order valence-electron chi connectivity index (χ1n) is 5.25. The van der Waals surface area contributed by atoms with Crippen LogP contribution in [-0.2, 0) is 0 Å². The van der Waals surface area contributed by atoms with Gasteiger partial charge in [0, 0.05) is 0 Å². The van der Waals surface area contributed by atoms with Crippen LogP contribution in [0, 0.1) is 23.7 Å². The summed E-state index contributed by atoms with van der Waals surface area (Å²) < 4.78 is 0. The van der Waals surface area contributed by atoms with E-state index >= 15 is 0 Å². The molecule has 2 aliphatic carbocycles. The first kappa shape index (κ1) is 8.52. The van der Waals surface area contributed by atoms with Crippen LogP contribution >= 0.6 is 0 Å². The molecule has 4 atom stereocenters. The van der Waals surface area contributed by atoms with Crippen molar-refractivity contribution < 1.29 is 0 Å². The SMILES string of the molecule is NCCC1CC2CC1CC2CN. The van der Waals surface area contributed by atoms with E-state index < -0.39 is 0 Å².